The van der Waals surface area contributed by atoms with E-state index in [-0.39, 0.29) is 9.92 Å². The molecule has 1 saturated heterocycles. The van der Waals surface area contributed by atoms with Crippen LogP contribution in [0.25, 0.3) is 0 Å². The van der Waals surface area contributed by atoms with E-state index in [0.29, 0.717) is 53.2 Å². The number of aromatic nitrogens is 1. The topological polar surface area (TPSA) is 53.5 Å². The number of rotatable bonds is 5. The summed E-state index contributed by atoms with van der Waals surface area (Å²) in [6, 6.07) is 8.44. The number of aryl methyl sites for hydroxylation is 1. The number of hydrogen-bond acceptors (Lipinski definition) is 5. The Morgan fingerprint density at radius 3 is 2.38 bits per heavy atom. The van der Waals surface area contributed by atoms with Gasteiger partial charge in [0.15, 0.2) is 5.13 Å². The number of piperazine rings is 1. The highest BCUT2D eigenvalue weighted by molar-refractivity contribution is 7.89. The van der Waals surface area contributed by atoms with Crippen molar-refractivity contribution in [1.29, 1.82) is 0 Å². The Balaban J connectivity index is 1.43. The van der Waals surface area contributed by atoms with Gasteiger partial charge >= 0.3 is 0 Å². The van der Waals surface area contributed by atoms with Crippen molar-refractivity contribution in [1.82, 2.24) is 9.29 Å². The number of hydrogen-bond donors (Lipinski definition) is 0. The van der Waals surface area contributed by atoms with Gasteiger partial charge in [-0.25, -0.2) is 13.4 Å². The Labute approximate surface area is 211 Å². The van der Waals surface area contributed by atoms with Crippen molar-refractivity contribution in [3.63, 3.8) is 0 Å². The zero-order chi connectivity index (χ0) is 23.0. The molecule has 1 fully saturated rings. The van der Waals surface area contributed by atoms with Crippen LogP contribution < -0.4 is 4.90 Å². The summed E-state index contributed by atoms with van der Waals surface area (Å²) in [5.74, 6) is 0. The van der Waals surface area contributed by atoms with Gasteiger partial charge in [0.05, 0.1) is 10.7 Å². The van der Waals surface area contributed by atoms with Crippen LogP contribution in [0.5, 0.6) is 0 Å². The minimum atomic E-state index is -3.71. The molecular weight excluding hydrogens is 532 g/mol. The summed E-state index contributed by atoms with van der Waals surface area (Å²) in [5, 5.41) is 4.65. The summed E-state index contributed by atoms with van der Waals surface area (Å²) >= 11 is 26.0. The molecule has 3 aromatic rings. The Morgan fingerprint density at radius 1 is 0.969 bits per heavy atom. The third-order valence-electron chi connectivity index (χ3n) is 5.27. The van der Waals surface area contributed by atoms with E-state index in [1.54, 1.807) is 13.0 Å². The fourth-order valence-corrected chi connectivity index (χ4v) is 7.05. The SMILES string of the molecule is Cc1cc(S(=O)(=O)N2CCN(c3nc(Cc4ccc(Cl)cc4Cl)cs3)CC2)c(Cl)cc1Cl. The fourth-order valence-electron chi connectivity index (χ4n) is 3.47. The van der Waals surface area contributed by atoms with E-state index in [2.05, 4.69) is 4.90 Å². The second-order valence-corrected chi connectivity index (χ2v) is 11.9. The third kappa shape index (κ3) is 5.04. The Morgan fingerprint density at radius 2 is 1.69 bits per heavy atom. The van der Waals surface area contributed by atoms with Crippen LogP contribution in [0.4, 0.5) is 5.13 Å². The van der Waals surface area contributed by atoms with E-state index in [0.717, 1.165) is 16.4 Å². The predicted molar refractivity (Wildman–Crippen MR) is 134 cm³/mol. The Hall–Kier alpha value is -1.06. The van der Waals surface area contributed by atoms with Gasteiger partial charge in [0.25, 0.3) is 0 Å². The molecule has 2 aromatic carbocycles. The lowest BCUT2D eigenvalue weighted by molar-refractivity contribution is 0.384. The van der Waals surface area contributed by atoms with Gasteiger partial charge in [0.1, 0.15) is 4.90 Å². The molecule has 0 bridgehead atoms. The van der Waals surface area contributed by atoms with Gasteiger partial charge < -0.3 is 4.90 Å². The summed E-state index contributed by atoms with van der Waals surface area (Å²) in [6.07, 6.45) is 0.606. The number of nitrogens with zero attached hydrogens (tertiary/aromatic N) is 3. The normalized spacial score (nSPS) is 15.3. The van der Waals surface area contributed by atoms with Gasteiger partial charge in [-0.15, -0.1) is 11.3 Å². The highest BCUT2D eigenvalue weighted by Gasteiger charge is 2.31. The van der Waals surface area contributed by atoms with Crippen molar-refractivity contribution in [3.8, 4) is 0 Å². The summed E-state index contributed by atoms with van der Waals surface area (Å²) < 4.78 is 27.7. The molecule has 0 amide bonds. The summed E-state index contributed by atoms with van der Waals surface area (Å²) in [7, 11) is -3.71. The van der Waals surface area contributed by atoms with E-state index in [1.807, 2.05) is 17.5 Å². The van der Waals surface area contributed by atoms with Crippen LogP contribution in [0.1, 0.15) is 16.8 Å². The van der Waals surface area contributed by atoms with Crippen molar-refractivity contribution in [2.75, 3.05) is 31.1 Å². The minimum Gasteiger partial charge on any atom is -0.345 e. The van der Waals surface area contributed by atoms with Crippen LogP contribution in [0.15, 0.2) is 40.6 Å². The Bertz CT molecular complexity index is 1260. The number of halogens is 4. The standard InChI is InChI=1S/C21H19Cl4N3O2S2/c1-13-8-20(19(25)11-17(13)23)32(29,30)28-6-4-27(5-7-28)21-26-16(12-31-21)9-14-2-3-15(22)10-18(14)24/h2-3,8,10-12H,4-7,9H2,1H3. The lowest BCUT2D eigenvalue weighted by Crippen LogP contribution is -2.48. The van der Waals surface area contributed by atoms with Crippen molar-refractivity contribution >= 4 is 72.9 Å². The molecule has 0 unspecified atom stereocenters. The first-order chi connectivity index (χ1) is 15.1. The Kier molecular flexibility index (Phi) is 7.27. The molecule has 0 atom stereocenters. The van der Waals surface area contributed by atoms with E-state index in [4.69, 9.17) is 51.4 Å². The number of sulfonamides is 1. The van der Waals surface area contributed by atoms with Crippen LogP contribution in [0, 0.1) is 6.92 Å². The van der Waals surface area contributed by atoms with Gasteiger partial charge in [-0.3, -0.25) is 0 Å². The average molecular weight is 551 g/mol. The molecule has 0 radical (unpaired) electrons. The average Bonchev–Trinajstić information content (AvgIpc) is 3.21. The highest BCUT2D eigenvalue weighted by atomic mass is 35.5. The summed E-state index contributed by atoms with van der Waals surface area (Å²) in [5.41, 5.74) is 2.54. The van der Waals surface area contributed by atoms with E-state index in [1.165, 1.54) is 27.8 Å². The quantitative estimate of drug-likeness (QED) is 0.381. The van der Waals surface area contributed by atoms with E-state index >= 15 is 0 Å². The van der Waals surface area contributed by atoms with Crippen molar-refractivity contribution in [3.05, 3.63) is 72.6 Å². The summed E-state index contributed by atoms with van der Waals surface area (Å²) in [4.78, 5) is 6.91. The van der Waals surface area contributed by atoms with Crippen LogP contribution in [-0.2, 0) is 16.4 Å². The molecule has 0 N–H and O–H groups in total. The predicted octanol–water partition coefficient (Wildman–Crippen LogP) is 6.17. The second kappa shape index (κ2) is 9.66. The van der Waals surface area contributed by atoms with Crippen LogP contribution in [0.3, 0.4) is 0 Å². The molecule has 0 saturated carbocycles. The first-order valence-corrected chi connectivity index (χ1v) is 13.6. The fraction of sp³-hybridized carbons (Fsp3) is 0.286. The monoisotopic (exact) mass is 549 g/mol. The van der Waals surface area contributed by atoms with Crippen molar-refractivity contribution in [2.24, 2.45) is 0 Å². The maximum atomic E-state index is 13.1. The van der Waals surface area contributed by atoms with Crippen LogP contribution in [-0.4, -0.2) is 43.9 Å². The zero-order valence-corrected chi connectivity index (χ0v) is 21.6. The molecule has 2 heterocycles. The highest BCUT2D eigenvalue weighted by Crippen LogP contribution is 2.32. The number of anilines is 1. The van der Waals surface area contributed by atoms with Crippen LogP contribution >= 0.6 is 57.7 Å². The van der Waals surface area contributed by atoms with E-state index < -0.39 is 10.0 Å². The molecule has 32 heavy (non-hydrogen) atoms. The van der Waals surface area contributed by atoms with Crippen LogP contribution in [0.2, 0.25) is 20.1 Å². The van der Waals surface area contributed by atoms with Gasteiger partial charge in [-0.1, -0.05) is 52.5 Å². The van der Waals surface area contributed by atoms with Crippen molar-refractivity contribution < 1.29 is 8.42 Å². The number of thiazole rings is 1. The molecule has 1 aromatic heterocycles. The molecule has 0 aliphatic carbocycles. The molecule has 1 aliphatic rings. The second-order valence-electron chi connectivity index (χ2n) is 7.46. The lowest BCUT2D eigenvalue weighted by Gasteiger charge is -2.34. The lowest BCUT2D eigenvalue weighted by atomic mass is 10.1. The van der Waals surface area contributed by atoms with Gasteiger partial charge in [0.2, 0.25) is 10.0 Å². The molecule has 11 heteroatoms. The largest absolute Gasteiger partial charge is 0.345 e. The maximum Gasteiger partial charge on any atom is 0.244 e. The molecule has 170 valence electrons. The maximum absolute atomic E-state index is 13.1. The minimum absolute atomic E-state index is 0.0888. The van der Waals surface area contributed by atoms with Gasteiger partial charge in [0, 0.05) is 53.0 Å². The molecule has 4 rings (SSSR count). The first-order valence-electron chi connectivity index (χ1n) is 9.74. The molecular formula is C21H19Cl4N3O2S2. The smallest absolute Gasteiger partial charge is 0.244 e. The summed E-state index contributed by atoms with van der Waals surface area (Å²) in [6.45, 7) is 3.53. The van der Waals surface area contributed by atoms with Gasteiger partial charge in [-0.05, 0) is 42.3 Å². The molecule has 1 aliphatic heterocycles. The number of benzene rings is 2. The molecule has 0 spiro atoms. The zero-order valence-electron chi connectivity index (χ0n) is 17.0. The third-order valence-corrected chi connectivity index (χ3v) is 9.57. The van der Waals surface area contributed by atoms with E-state index in [9.17, 15) is 8.42 Å². The van der Waals surface area contributed by atoms with Crippen molar-refractivity contribution in [2.45, 2.75) is 18.2 Å². The van der Waals surface area contributed by atoms with Gasteiger partial charge in [-0.2, -0.15) is 4.31 Å². The first kappa shape index (κ1) is 24.1. The molecule has 5 nitrogen and oxygen atoms in total.